The van der Waals surface area contributed by atoms with Crippen LogP contribution in [0.4, 0.5) is 22.7 Å². The number of methoxy groups -OCH3 is 1. The zero-order chi connectivity index (χ0) is 15.0. The summed E-state index contributed by atoms with van der Waals surface area (Å²) in [6.07, 6.45) is 0.370. The lowest BCUT2D eigenvalue weighted by Gasteiger charge is -2.13. The van der Waals surface area contributed by atoms with Crippen LogP contribution in [-0.4, -0.2) is 13.0 Å². The average Bonchev–Trinajstić information content (AvgIpc) is 2.80. The molecule has 5 nitrogen and oxygen atoms in total. The average molecular weight is 304 g/mol. The van der Waals surface area contributed by atoms with E-state index in [1.807, 2.05) is 18.2 Å². The molecule has 0 unspecified atom stereocenters. The van der Waals surface area contributed by atoms with Gasteiger partial charge in [-0.15, -0.1) is 0 Å². The van der Waals surface area contributed by atoms with E-state index < -0.39 is 0 Å². The predicted octanol–water partition coefficient (Wildman–Crippen LogP) is 3.17. The summed E-state index contributed by atoms with van der Waals surface area (Å²) in [6.45, 7) is 0. The largest absolute Gasteiger partial charge is 0.495 e. The number of amides is 1. The van der Waals surface area contributed by atoms with Crippen LogP contribution in [0.15, 0.2) is 30.3 Å². The number of carbonyl (C=O) groups excluding carboxylic acids is 1. The summed E-state index contributed by atoms with van der Waals surface area (Å²) in [5.41, 5.74) is 9.84. The van der Waals surface area contributed by atoms with E-state index in [4.69, 9.17) is 22.1 Å². The third-order valence-electron chi connectivity index (χ3n) is 3.33. The van der Waals surface area contributed by atoms with E-state index in [0.717, 1.165) is 22.6 Å². The molecule has 0 fully saturated rings. The van der Waals surface area contributed by atoms with Crippen molar-refractivity contribution in [1.82, 2.24) is 0 Å². The molecule has 4 N–H and O–H groups in total. The number of benzene rings is 2. The Labute approximate surface area is 127 Å². The lowest BCUT2D eigenvalue weighted by atomic mass is 10.1. The van der Waals surface area contributed by atoms with Crippen LogP contribution >= 0.6 is 11.6 Å². The van der Waals surface area contributed by atoms with E-state index in [-0.39, 0.29) is 5.91 Å². The number of nitrogens with one attached hydrogen (secondary N) is 2. The van der Waals surface area contributed by atoms with Gasteiger partial charge >= 0.3 is 0 Å². The maximum atomic E-state index is 11.4. The van der Waals surface area contributed by atoms with Crippen LogP contribution < -0.4 is 21.1 Å². The highest BCUT2D eigenvalue weighted by atomic mass is 35.5. The Balaban J connectivity index is 1.92. The van der Waals surface area contributed by atoms with Crippen molar-refractivity contribution >= 4 is 40.3 Å². The monoisotopic (exact) mass is 303 g/mol. The van der Waals surface area contributed by atoms with Gasteiger partial charge in [0, 0.05) is 17.4 Å². The fourth-order valence-corrected chi connectivity index (χ4v) is 2.49. The number of nitrogens with two attached hydrogens (primary N) is 1. The van der Waals surface area contributed by atoms with Crippen molar-refractivity contribution in [2.45, 2.75) is 6.42 Å². The predicted molar refractivity (Wildman–Crippen MR) is 84.5 cm³/mol. The standard InChI is InChI=1S/C15H14ClN3O2/c1-21-14-6-9(2-3-10(14)16)18-13-7-12-8(4-11(13)17)5-15(20)19-12/h2-4,6-7,18H,5,17H2,1H3,(H,19,20). The molecule has 0 saturated carbocycles. The number of fused-ring (bicyclic) bond motifs is 1. The van der Waals surface area contributed by atoms with Gasteiger partial charge in [-0.1, -0.05) is 11.6 Å². The summed E-state index contributed by atoms with van der Waals surface area (Å²) in [4.78, 5) is 11.4. The van der Waals surface area contributed by atoms with E-state index >= 15 is 0 Å². The third kappa shape index (κ3) is 2.60. The number of halogens is 1. The van der Waals surface area contributed by atoms with Gasteiger partial charge in [0.05, 0.1) is 29.9 Å². The van der Waals surface area contributed by atoms with Crippen LogP contribution in [-0.2, 0) is 11.2 Å². The number of rotatable bonds is 3. The van der Waals surface area contributed by atoms with E-state index in [2.05, 4.69) is 10.6 Å². The zero-order valence-corrected chi connectivity index (χ0v) is 12.1. The van der Waals surface area contributed by atoms with Gasteiger partial charge in [-0.3, -0.25) is 4.79 Å². The molecule has 1 aliphatic heterocycles. The fourth-order valence-electron chi connectivity index (χ4n) is 2.29. The van der Waals surface area contributed by atoms with Gasteiger partial charge in [-0.2, -0.15) is 0 Å². The van der Waals surface area contributed by atoms with E-state index in [1.54, 1.807) is 19.2 Å². The summed E-state index contributed by atoms with van der Waals surface area (Å²) in [5, 5.41) is 6.54. The normalized spacial score (nSPS) is 12.8. The van der Waals surface area contributed by atoms with Gasteiger partial charge in [0.2, 0.25) is 5.91 Å². The highest BCUT2D eigenvalue weighted by Crippen LogP contribution is 2.35. The molecule has 3 rings (SSSR count). The third-order valence-corrected chi connectivity index (χ3v) is 3.64. The summed E-state index contributed by atoms with van der Waals surface area (Å²) >= 11 is 6.00. The molecule has 1 aliphatic rings. The second-order valence-electron chi connectivity index (χ2n) is 4.80. The minimum Gasteiger partial charge on any atom is -0.495 e. The van der Waals surface area contributed by atoms with Crippen LogP contribution in [0.2, 0.25) is 5.02 Å². The molecular formula is C15H14ClN3O2. The highest BCUT2D eigenvalue weighted by Gasteiger charge is 2.19. The molecule has 0 spiro atoms. The van der Waals surface area contributed by atoms with Gasteiger partial charge in [0.15, 0.2) is 0 Å². The first-order valence-electron chi connectivity index (χ1n) is 6.39. The van der Waals surface area contributed by atoms with Crippen molar-refractivity contribution in [2.24, 2.45) is 0 Å². The van der Waals surface area contributed by atoms with Gasteiger partial charge in [-0.05, 0) is 29.8 Å². The molecule has 2 aromatic rings. The van der Waals surface area contributed by atoms with Crippen LogP contribution in [0.25, 0.3) is 0 Å². The molecule has 2 aromatic carbocycles. The number of hydrogen-bond donors (Lipinski definition) is 3. The number of ether oxygens (including phenoxy) is 1. The Kier molecular flexibility index (Phi) is 3.35. The summed E-state index contributed by atoms with van der Waals surface area (Å²) < 4.78 is 5.18. The minimum absolute atomic E-state index is 0.0188. The Morgan fingerprint density at radius 3 is 2.90 bits per heavy atom. The molecule has 0 saturated heterocycles. The smallest absolute Gasteiger partial charge is 0.228 e. The highest BCUT2D eigenvalue weighted by molar-refractivity contribution is 6.32. The maximum Gasteiger partial charge on any atom is 0.228 e. The Hall–Kier alpha value is -2.40. The van der Waals surface area contributed by atoms with Crippen molar-refractivity contribution in [3.05, 3.63) is 40.9 Å². The number of hydrogen-bond acceptors (Lipinski definition) is 4. The molecule has 1 heterocycles. The second-order valence-corrected chi connectivity index (χ2v) is 5.20. The lowest BCUT2D eigenvalue weighted by Crippen LogP contribution is -2.03. The van der Waals surface area contributed by atoms with Gasteiger partial charge < -0.3 is 21.1 Å². The van der Waals surface area contributed by atoms with Crippen LogP contribution in [0, 0.1) is 0 Å². The van der Waals surface area contributed by atoms with Crippen molar-refractivity contribution < 1.29 is 9.53 Å². The molecule has 0 aromatic heterocycles. The summed E-state index contributed by atoms with van der Waals surface area (Å²) in [7, 11) is 1.56. The van der Waals surface area contributed by atoms with Crippen molar-refractivity contribution in [1.29, 1.82) is 0 Å². The first kappa shape index (κ1) is 13.6. The molecule has 0 bridgehead atoms. The zero-order valence-electron chi connectivity index (χ0n) is 11.4. The second kappa shape index (κ2) is 5.18. The van der Waals surface area contributed by atoms with Crippen LogP contribution in [0.1, 0.15) is 5.56 Å². The summed E-state index contributed by atoms with van der Waals surface area (Å²) in [6, 6.07) is 9.00. The van der Waals surface area contributed by atoms with Crippen molar-refractivity contribution in [3.8, 4) is 5.75 Å². The van der Waals surface area contributed by atoms with Gasteiger partial charge in [0.25, 0.3) is 0 Å². The topological polar surface area (TPSA) is 76.4 Å². The first-order chi connectivity index (χ1) is 10.1. The number of anilines is 4. The maximum absolute atomic E-state index is 11.4. The van der Waals surface area contributed by atoms with Crippen LogP contribution in [0.5, 0.6) is 5.75 Å². The SMILES string of the molecule is COc1cc(Nc2cc3c(cc2N)CC(=O)N3)ccc1Cl. The Morgan fingerprint density at radius 2 is 2.14 bits per heavy atom. The molecular weight excluding hydrogens is 290 g/mol. The fraction of sp³-hybridized carbons (Fsp3) is 0.133. The minimum atomic E-state index is -0.0188. The Morgan fingerprint density at radius 1 is 1.33 bits per heavy atom. The molecule has 108 valence electrons. The molecule has 21 heavy (non-hydrogen) atoms. The molecule has 0 aliphatic carbocycles. The first-order valence-corrected chi connectivity index (χ1v) is 6.77. The van der Waals surface area contributed by atoms with Crippen molar-refractivity contribution in [2.75, 3.05) is 23.5 Å². The quantitative estimate of drug-likeness (QED) is 0.761. The summed E-state index contributed by atoms with van der Waals surface area (Å²) in [5.74, 6) is 0.560. The van der Waals surface area contributed by atoms with E-state index in [0.29, 0.717) is 22.9 Å². The molecule has 0 atom stereocenters. The van der Waals surface area contributed by atoms with Crippen molar-refractivity contribution in [3.63, 3.8) is 0 Å². The van der Waals surface area contributed by atoms with Gasteiger partial charge in [0.1, 0.15) is 5.75 Å². The van der Waals surface area contributed by atoms with Crippen LogP contribution in [0.3, 0.4) is 0 Å². The number of nitrogen functional groups attached to an aromatic ring is 1. The Bertz CT molecular complexity index is 731. The van der Waals surface area contributed by atoms with E-state index in [9.17, 15) is 4.79 Å². The molecule has 6 heteroatoms. The van der Waals surface area contributed by atoms with E-state index in [1.165, 1.54) is 0 Å². The molecule has 0 radical (unpaired) electrons. The molecule has 1 amide bonds. The van der Waals surface area contributed by atoms with Gasteiger partial charge in [-0.25, -0.2) is 0 Å². The number of carbonyl (C=O) groups is 1. The lowest BCUT2D eigenvalue weighted by molar-refractivity contribution is -0.115.